The van der Waals surface area contributed by atoms with Crippen molar-refractivity contribution in [3.8, 4) is 0 Å². The summed E-state index contributed by atoms with van der Waals surface area (Å²) in [6.07, 6.45) is 0.752. The minimum Gasteiger partial charge on any atom is -0.378 e. The Morgan fingerprint density at radius 1 is 1.44 bits per heavy atom. The SMILES string of the molecule is COC1(CN=C2NC(=O)C(=O)N2)CCOC1. The molecule has 2 aliphatic rings. The van der Waals surface area contributed by atoms with Crippen LogP contribution in [0.2, 0.25) is 0 Å². The molecule has 0 aliphatic carbocycles. The maximum absolute atomic E-state index is 10.9. The third-order valence-electron chi connectivity index (χ3n) is 2.70. The average Bonchev–Trinajstić information content (AvgIpc) is 2.85. The van der Waals surface area contributed by atoms with Gasteiger partial charge in [0.15, 0.2) is 0 Å². The Balaban J connectivity index is 1.98. The van der Waals surface area contributed by atoms with Gasteiger partial charge in [-0.25, -0.2) is 4.99 Å². The van der Waals surface area contributed by atoms with Crippen molar-refractivity contribution in [2.24, 2.45) is 4.99 Å². The number of carbonyl (C=O) groups is 2. The van der Waals surface area contributed by atoms with Crippen LogP contribution in [0, 0.1) is 0 Å². The molecular formula is C9H13N3O4. The van der Waals surface area contributed by atoms with Crippen molar-refractivity contribution >= 4 is 17.8 Å². The van der Waals surface area contributed by atoms with E-state index in [1.165, 1.54) is 0 Å². The Morgan fingerprint density at radius 3 is 2.62 bits per heavy atom. The number of guanidine groups is 1. The van der Waals surface area contributed by atoms with Gasteiger partial charge in [-0.2, -0.15) is 0 Å². The van der Waals surface area contributed by atoms with Crippen LogP contribution < -0.4 is 10.6 Å². The number of carbonyl (C=O) groups excluding carboxylic acids is 2. The van der Waals surface area contributed by atoms with Gasteiger partial charge in [0.1, 0.15) is 5.60 Å². The van der Waals surface area contributed by atoms with Crippen LogP contribution in [0.5, 0.6) is 0 Å². The van der Waals surface area contributed by atoms with Crippen molar-refractivity contribution in [1.82, 2.24) is 10.6 Å². The molecule has 2 heterocycles. The van der Waals surface area contributed by atoms with Gasteiger partial charge in [-0.3, -0.25) is 20.2 Å². The lowest BCUT2D eigenvalue weighted by atomic mass is 10.0. The second-order valence-corrected chi connectivity index (χ2v) is 3.76. The third-order valence-corrected chi connectivity index (χ3v) is 2.70. The predicted octanol–water partition coefficient (Wildman–Crippen LogP) is -1.61. The number of aliphatic imine (C=N–C) groups is 1. The first-order valence-electron chi connectivity index (χ1n) is 4.95. The standard InChI is InChI=1S/C9H13N3O4/c1-15-9(2-3-16-5-9)4-10-8-11-6(13)7(14)12-8/h2-5H2,1H3,(H2,10,11,12,13,14). The molecule has 0 bridgehead atoms. The molecule has 7 heteroatoms. The zero-order chi connectivity index (χ0) is 11.6. The van der Waals surface area contributed by atoms with Gasteiger partial charge in [-0.05, 0) is 0 Å². The molecule has 1 atom stereocenters. The summed E-state index contributed by atoms with van der Waals surface area (Å²) in [7, 11) is 1.60. The molecule has 0 aromatic rings. The number of methoxy groups -OCH3 is 1. The van der Waals surface area contributed by atoms with E-state index >= 15 is 0 Å². The van der Waals surface area contributed by atoms with Gasteiger partial charge < -0.3 is 9.47 Å². The van der Waals surface area contributed by atoms with Gasteiger partial charge in [0.25, 0.3) is 0 Å². The minimum absolute atomic E-state index is 0.179. The van der Waals surface area contributed by atoms with Crippen LogP contribution in [0.1, 0.15) is 6.42 Å². The summed E-state index contributed by atoms with van der Waals surface area (Å²) in [5.74, 6) is -1.20. The summed E-state index contributed by atoms with van der Waals surface area (Å²) in [5, 5.41) is 4.65. The smallest absolute Gasteiger partial charge is 0.316 e. The number of amides is 2. The van der Waals surface area contributed by atoms with Gasteiger partial charge in [0, 0.05) is 20.1 Å². The van der Waals surface area contributed by atoms with Crippen molar-refractivity contribution < 1.29 is 19.1 Å². The molecule has 16 heavy (non-hydrogen) atoms. The minimum atomic E-state index is -0.687. The van der Waals surface area contributed by atoms with E-state index < -0.39 is 17.4 Å². The highest BCUT2D eigenvalue weighted by Crippen LogP contribution is 2.22. The quantitative estimate of drug-likeness (QED) is 0.568. The molecule has 2 N–H and O–H groups in total. The van der Waals surface area contributed by atoms with E-state index in [-0.39, 0.29) is 5.96 Å². The lowest BCUT2D eigenvalue weighted by Crippen LogP contribution is -2.37. The Morgan fingerprint density at radius 2 is 2.12 bits per heavy atom. The van der Waals surface area contributed by atoms with Crippen molar-refractivity contribution in [3.63, 3.8) is 0 Å². The molecule has 0 spiro atoms. The zero-order valence-corrected chi connectivity index (χ0v) is 8.91. The number of nitrogens with one attached hydrogen (secondary N) is 2. The van der Waals surface area contributed by atoms with Crippen LogP contribution in [0.25, 0.3) is 0 Å². The van der Waals surface area contributed by atoms with E-state index in [1.807, 2.05) is 0 Å². The number of hydrogen-bond donors (Lipinski definition) is 2. The van der Waals surface area contributed by atoms with Gasteiger partial charge >= 0.3 is 11.8 Å². The van der Waals surface area contributed by atoms with Gasteiger partial charge in [0.05, 0.1) is 13.2 Å². The molecule has 1 unspecified atom stereocenters. The fourth-order valence-corrected chi connectivity index (χ4v) is 1.60. The van der Waals surface area contributed by atoms with E-state index in [1.54, 1.807) is 7.11 Å². The van der Waals surface area contributed by atoms with E-state index in [0.29, 0.717) is 19.8 Å². The van der Waals surface area contributed by atoms with E-state index in [2.05, 4.69) is 15.6 Å². The van der Waals surface area contributed by atoms with Crippen LogP contribution in [-0.4, -0.2) is 50.2 Å². The average molecular weight is 227 g/mol. The number of nitrogens with zero attached hydrogens (tertiary/aromatic N) is 1. The van der Waals surface area contributed by atoms with E-state index in [0.717, 1.165) is 6.42 Å². The van der Waals surface area contributed by atoms with E-state index in [4.69, 9.17) is 9.47 Å². The second kappa shape index (κ2) is 4.18. The van der Waals surface area contributed by atoms with Crippen LogP contribution in [0.4, 0.5) is 0 Å². The first-order valence-corrected chi connectivity index (χ1v) is 4.95. The molecule has 0 aromatic carbocycles. The zero-order valence-electron chi connectivity index (χ0n) is 8.91. The molecular weight excluding hydrogens is 214 g/mol. The molecule has 2 rings (SSSR count). The molecule has 7 nitrogen and oxygen atoms in total. The summed E-state index contributed by atoms with van der Waals surface area (Å²) >= 11 is 0. The highest BCUT2D eigenvalue weighted by Gasteiger charge is 2.35. The first-order chi connectivity index (χ1) is 7.65. The molecule has 2 fully saturated rings. The Bertz CT molecular complexity index is 329. The number of ether oxygens (including phenoxy) is 2. The summed E-state index contributed by atoms with van der Waals surface area (Å²) in [6, 6.07) is 0. The van der Waals surface area contributed by atoms with Crippen LogP contribution in [0.3, 0.4) is 0 Å². The number of hydrogen-bond acceptors (Lipinski definition) is 5. The summed E-state index contributed by atoms with van der Waals surface area (Å²) in [4.78, 5) is 25.8. The molecule has 0 aromatic heterocycles. The molecule has 2 saturated heterocycles. The third kappa shape index (κ3) is 2.05. The lowest BCUT2D eigenvalue weighted by molar-refractivity contribution is -0.135. The van der Waals surface area contributed by atoms with Crippen LogP contribution in [0.15, 0.2) is 4.99 Å². The van der Waals surface area contributed by atoms with Crippen molar-refractivity contribution in [2.75, 3.05) is 26.9 Å². The van der Waals surface area contributed by atoms with Crippen molar-refractivity contribution in [1.29, 1.82) is 0 Å². The van der Waals surface area contributed by atoms with Crippen LogP contribution >= 0.6 is 0 Å². The maximum atomic E-state index is 10.9. The largest absolute Gasteiger partial charge is 0.378 e. The normalized spacial score (nSPS) is 29.2. The highest BCUT2D eigenvalue weighted by atomic mass is 16.5. The highest BCUT2D eigenvalue weighted by molar-refractivity contribution is 6.45. The van der Waals surface area contributed by atoms with Gasteiger partial charge in [0.2, 0.25) is 5.96 Å². The van der Waals surface area contributed by atoms with Gasteiger partial charge in [-0.15, -0.1) is 0 Å². The molecule has 2 aliphatic heterocycles. The molecule has 0 saturated carbocycles. The maximum Gasteiger partial charge on any atom is 0.316 e. The Kier molecular flexibility index (Phi) is 2.88. The summed E-state index contributed by atoms with van der Waals surface area (Å²) < 4.78 is 10.6. The lowest BCUT2D eigenvalue weighted by Gasteiger charge is -2.23. The van der Waals surface area contributed by atoms with E-state index in [9.17, 15) is 9.59 Å². The number of rotatable bonds is 3. The van der Waals surface area contributed by atoms with Crippen molar-refractivity contribution in [3.05, 3.63) is 0 Å². The molecule has 2 amide bonds. The molecule has 0 radical (unpaired) electrons. The van der Waals surface area contributed by atoms with Gasteiger partial charge in [-0.1, -0.05) is 0 Å². The first kappa shape index (κ1) is 11.0. The van der Waals surface area contributed by atoms with Crippen molar-refractivity contribution in [2.45, 2.75) is 12.0 Å². The summed E-state index contributed by atoms with van der Waals surface area (Å²) in [5.41, 5.74) is -0.439. The summed E-state index contributed by atoms with van der Waals surface area (Å²) in [6.45, 7) is 1.46. The fourth-order valence-electron chi connectivity index (χ4n) is 1.60. The Labute approximate surface area is 92.2 Å². The fraction of sp³-hybridized carbons (Fsp3) is 0.667. The monoisotopic (exact) mass is 227 g/mol. The second-order valence-electron chi connectivity index (χ2n) is 3.76. The Hall–Kier alpha value is -1.47. The van der Waals surface area contributed by atoms with Crippen LogP contribution in [-0.2, 0) is 19.1 Å². The predicted molar refractivity (Wildman–Crippen MR) is 53.8 cm³/mol. The topological polar surface area (TPSA) is 89.0 Å². The molecule has 88 valence electrons.